The molecule has 1 aromatic carbocycles. The van der Waals surface area contributed by atoms with E-state index >= 15 is 0 Å². The molecule has 2 atom stereocenters. The molecule has 2 heterocycles. The summed E-state index contributed by atoms with van der Waals surface area (Å²) < 4.78 is 17.5. The normalized spacial score (nSPS) is 25.6. The van der Waals surface area contributed by atoms with Gasteiger partial charge in [-0.1, -0.05) is 18.2 Å². The number of aryl methyl sites for hydroxylation is 1. The summed E-state index contributed by atoms with van der Waals surface area (Å²) in [5.41, 5.74) is 3.83. The molecular weight excluding hydrogens is 334 g/mol. The number of aliphatic hydroxyl groups excluding tert-OH is 1. The minimum atomic E-state index is -1.11. The van der Waals surface area contributed by atoms with Crippen LogP contribution in [0.4, 0.5) is 0 Å². The van der Waals surface area contributed by atoms with Crippen molar-refractivity contribution in [3.63, 3.8) is 0 Å². The molecular formula is C20H25NO5. The van der Waals surface area contributed by atoms with Gasteiger partial charge in [0.25, 0.3) is 5.90 Å². The molecule has 0 saturated carbocycles. The summed E-state index contributed by atoms with van der Waals surface area (Å²) in [6.07, 6.45) is 3.30. The first-order valence-corrected chi connectivity index (χ1v) is 9.04. The highest BCUT2D eigenvalue weighted by molar-refractivity contribution is 5.87. The highest BCUT2D eigenvalue weighted by Gasteiger charge is 2.43. The lowest BCUT2D eigenvalue weighted by Gasteiger charge is -2.38. The largest absolute Gasteiger partial charge is 0.470 e. The Balaban J connectivity index is 1.79. The zero-order valence-corrected chi connectivity index (χ0v) is 15.3. The molecule has 0 aliphatic carbocycles. The van der Waals surface area contributed by atoms with E-state index in [0.29, 0.717) is 6.61 Å². The minimum absolute atomic E-state index is 0.102. The summed E-state index contributed by atoms with van der Waals surface area (Å²) >= 11 is 0. The van der Waals surface area contributed by atoms with E-state index in [1.54, 1.807) is 12.9 Å². The van der Waals surface area contributed by atoms with Crippen molar-refractivity contribution < 1.29 is 24.1 Å². The van der Waals surface area contributed by atoms with E-state index in [0.717, 1.165) is 31.2 Å². The quantitative estimate of drug-likeness (QED) is 0.624. The molecule has 140 valence electrons. The molecule has 2 aliphatic rings. The minimum Gasteiger partial charge on any atom is -0.470 e. The Morgan fingerprint density at radius 3 is 2.96 bits per heavy atom. The van der Waals surface area contributed by atoms with Crippen LogP contribution >= 0.6 is 0 Å². The SMILES string of the molecule is Cc1c(CCCCO)cccc1C1CCOC(C)(C2=NC(=C=O)CO2)O1. The number of aliphatic hydroxyl groups is 1. The highest BCUT2D eigenvalue weighted by Crippen LogP contribution is 2.37. The highest BCUT2D eigenvalue weighted by atomic mass is 16.7. The lowest BCUT2D eigenvalue weighted by Crippen LogP contribution is -2.46. The topological polar surface area (TPSA) is 77.4 Å². The van der Waals surface area contributed by atoms with Gasteiger partial charge >= 0.3 is 0 Å². The Kier molecular flexibility index (Phi) is 5.89. The van der Waals surface area contributed by atoms with Gasteiger partial charge < -0.3 is 19.3 Å². The molecule has 1 N–H and O–H groups in total. The van der Waals surface area contributed by atoms with Crippen LogP contribution < -0.4 is 0 Å². The number of hydrogen-bond donors (Lipinski definition) is 1. The van der Waals surface area contributed by atoms with Gasteiger partial charge in [0.05, 0.1) is 12.7 Å². The molecule has 6 nitrogen and oxygen atoms in total. The molecule has 0 spiro atoms. The third kappa shape index (κ3) is 3.89. The van der Waals surface area contributed by atoms with Crippen molar-refractivity contribution in [2.24, 2.45) is 4.99 Å². The van der Waals surface area contributed by atoms with Crippen LogP contribution in [0.5, 0.6) is 0 Å². The second-order valence-electron chi connectivity index (χ2n) is 6.76. The number of benzene rings is 1. The van der Waals surface area contributed by atoms with Gasteiger partial charge in [-0.05, 0) is 49.8 Å². The Labute approximate surface area is 153 Å². The van der Waals surface area contributed by atoms with Gasteiger partial charge in [-0.2, -0.15) is 0 Å². The first-order valence-electron chi connectivity index (χ1n) is 9.04. The molecule has 2 aliphatic heterocycles. The fraction of sp³-hybridized carbons (Fsp3) is 0.550. The van der Waals surface area contributed by atoms with Crippen molar-refractivity contribution >= 4 is 11.8 Å². The van der Waals surface area contributed by atoms with Crippen molar-refractivity contribution in [2.45, 2.75) is 51.4 Å². The fourth-order valence-corrected chi connectivity index (χ4v) is 3.42. The van der Waals surface area contributed by atoms with E-state index in [-0.39, 0.29) is 30.9 Å². The van der Waals surface area contributed by atoms with E-state index in [1.807, 2.05) is 6.07 Å². The third-order valence-corrected chi connectivity index (χ3v) is 4.90. The van der Waals surface area contributed by atoms with Gasteiger partial charge in [0.15, 0.2) is 11.6 Å². The number of nitrogens with zero attached hydrogens (tertiary/aromatic N) is 1. The van der Waals surface area contributed by atoms with Crippen LogP contribution in [0.1, 0.15) is 49.0 Å². The molecule has 26 heavy (non-hydrogen) atoms. The fourth-order valence-electron chi connectivity index (χ4n) is 3.42. The van der Waals surface area contributed by atoms with E-state index in [2.05, 4.69) is 24.0 Å². The van der Waals surface area contributed by atoms with E-state index in [9.17, 15) is 4.79 Å². The molecule has 1 aromatic rings. The molecule has 3 rings (SSSR count). The smallest absolute Gasteiger partial charge is 0.251 e. The van der Waals surface area contributed by atoms with Crippen molar-refractivity contribution in [2.75, 3.05) is 19.8 Å². The Morgan fingerprint density at radius 2 is 2.23 bits per heavy atom. The van der Waals surface area contributed by atoms with Crippen LogP contribution in [-0.4, -0.2) is 42.6 Å². The van der Waals surface area contributed by atoms with Crippen molar-refractivity contribution in [1.29, 1.82) is 0 Å². The van der Waals surface area contributed by atoms with Crippen LogP contribution in [0.3, 0.4) is 0 Å². The lowest BCUT2D eigenvalue weighted by molar-refractivity contribution is -0.251. The van der Waals surface area contributed by atoms with Gasteiger partial charge in [-0.3, -0.25) is 0 Å². The average Bonchev–Trinajstić information content (AvgIpc) is 3.13. The summed E-state index contributed by atoms with van der Waals surface area (Å²) in [5, 5.41) is 8.99. The summed E-state index contributed by atoms with van der Waals surface area (Å²) in [5.74, 6) is 0.924. The van der Waals surface area contributed by atoms with Gasteiger partial charge in [-0.25, -0.2) is 9.79 Å². The second kappa shape index (κ2) is 8.14. The van der Waals surface area contributed by atoms with Crippen LogP contribution in [0.2, 0.25) is 0 Å². The predicted octanol–water partition coefficient (Wildman–Crippen LogP) is 2.65. The lowest BCUT2D eigenvalue weighted by atomic mass is 9.93. The van der Waals surface area contributed by atoms with Gasteiger partial charge in [0.2, 0.25) is 5.79 Å². The molecule has 1 fully saturated rings. The molecule has 1 saturated heterocycles. The van der Waals surface area contributed by atoms with E-state index in [4.69, 9.17) is 19.3 Å². The van der Waals surface area contributed by atoms with Crippen molar-refractivity contribution in [3.8, 4) is 0 Å². The van der Waals surface area contributed by atoms with Crippen molar-refractivity contribution in [3.05, 3.63) is 40.6 Å². The maximum absolute atomic E-state index is 10.8. The molecule has 0 aromatic heterocycles. The van der Waals surface area contributed by atoms with Crippen molar-refractivity contribution in [1.82, 2.24) is 0 Å². The zero-order chi connectivity index (χ0) is 18.6. The molecule has 0 radical (unpaired) electrons. The number of unbranched alkanes of at least 4 members (excludes halogenated alkanes) is 1. The maximum Gasteiger partial charge on any atom is 0.251 e. The standard InChI is InChI=1S/C20H25NO5/c1-14-15(6-3-4-10-22)7-5-8-17(14)18-9-11-25-20(2,26-18)19-21-16(12-23)13-24-19/h5,7-8,18,22H,3-4,6,9-11,13H2,1-2H3. The molecule has 2 unspecified atom stereocenters. The van der Waals surface area contributed by atoms with Gasteiger partial charge in [0.1, 0.15) is 6.61 Å². The summed E-state index contributed by atoms with van der Waals surface area (Å²) in [6, 6.07) is 6.25. The maximum atomic E-state index is 10.8. The summed E-state index contributed by atoms with van der Waals surface area (Å²) in [4.78, 5) is 14.9. The Bertz CT molecular complexity index is 738. The Hall–Kier alpha value is -1.98. The van der Waals surface area contributed by atoms with Crippen LogP contribution in [0.15, 0.2) is 28.9 Å². The monoisotopic (exact) mass is 359 g/mol. The van der Waals surface area contributed by atoms with Crippen LogP contribution in [0, 0.1) is 6.92 Å². The molecule has 6 heteroatoms. The predicted molar refractivity (Wildman–Crippen MR) is 96.6 cm³/mol. The second-order valence-corrected chi connectivity index (χ2v) is 6.76. The third-order valence-electron chi connectivity index (χ3n) is 4.90. The average molecular weight is 359 g/mol. The van der Waals surface area contributed by atoms with Crippen LogP contribution in [-0.2, 0) is 25.4 Å². The summed E-state index contributed by atoms with van der Waals surface area (Å²) in [6.45, 7) is 4.71. The van der Waals surface area contributed by atoms with Gasteiger partial charge in [-0.15, -0.1) is 0 Å². The number of aliphatic imine (C=N–C) groups is 1. The number of ether oxygens (including phenoxy) is 3. The zero-order valence-electron chi connectivity index (χ0n) is 15.3. The Morgan fingerprint density at radius 1 is 1.38 bits per heavy atom. The number of hydrogen-bond acceptors (Lipinski definition) is 6. The number of rotatable bonds is 6. The summed E-state index contributed by atoms with van der Waals surface area (Å²) in [7, 11) is 0. The number of carbonyl (C=O) groups excluding carboxylic acids is 1. The van der Waals surface area contributed by atoms with E-state index in [1.165, 1.54) is 11.1 Å². The first kappa shape index (κ1) is 18.8. The molecule has 0 bridgehead atoms. The van der Waals surface area contributed by atoms with E-state index < -0.39 is 5.79 Å². The first-order chi connectivity index (χ1) is 12.6. The van der Waals surface area contributed by atoms with Gasteiger partial charge in [0, 0.05) is 13.0 Å². The molecule has 0 amide bonds. The van der Waals surface area contributed by atoms with Crippen LogP contribution in [0.25, 0.3) is 0 Å².